The van der Waals surface area contributed by atoms with Crippen molar-refractivity contribution < 1.29 is 5.11 Å². The second-order valence-electron chi connectivity index (χ2n) is 14.7. The van der Waals surface area contributed by atoms with Crippen LogP contribution >= 0.6 is 22.6 Å². The third kappa shape index (κ3) is 4.98. The zero-order chi connectivity index (χ0) is 25.7. The number of benzene rings is 1. The van der Waals surface area contributed by atoms with Gasteiger partial charge in [-0.1, -0.05) is 66.0 Å². The Balaban J connectivity index is 1.31. The summed E-state index contributed by atoms with van der Waals surface area (Å²) in [6.07, 6.45) is 16.2. The Bertz CT molecular complexity index is 878. The van der Waals surface area contributed by atoms with Gasteiger partial charge in [-0.2, -0.15) is 0 Å². The van der Waals surface area contributed by atoms with Gasteiger partial charge >= 0.3 is 0 Å². The van der Waals surface area contributed by atoms with Gasteiger partial charge in [0.15, 0.2) is 0 Å². The molecule has 5 rings (SSSR count). The van der Waals surface area contributed by atoms with Crippen LogP contribution in [0.3, 0.4) is 0 Å². The van der Waals surface area contributed by atoms with Gasteiger partial charge in [-0.15, -0.1) is 0 Å². The lowest BCUT2D eigenvalue weighted by Crippen LogP contribution is -2.57. The van der Waals surface area contributed by atoms with Crippen molar-refractivity contribution in [2.24, 2.45) is 58.2 Å². The first kappa shape index (κ1) is 27.5. The Morgan fingerprint density at radius 3 is 2.22 bits per heavy atom. The van der Waals surface area contributed by atoms with Crippen molar-refractivity contribution in [3.8, 4) is 0 Å². The lowest BCUT2D eigenvalue weighted by atomic mass is 9.42. The second kappa shape index (κ2) is 10.8. The fourth-order valence-corrected chi connectivity index (χ4v) is 11.1. The maximum absolute atomic E-state index is 11.2. The highest BCUT2D eigenvalue weighted by atomic mass is 127. The van der Waals surface area contributed by atoms with Crippen LogP contribution in [-0.2, 0) is 6.42 Å². The van der Waals surface area contributed by atoms with Gasteiger partial charge in [0.2, 0.25) is 0 Å². The van der Waals surface area contributed by atoms with Crippen molar-refractivity contribution >= 4 is 22.6 Å². The van der Waals surface area contributed by atoms with Crippen molar-refractivity contribution in [1.82, 2.24) is 0 Å². The van der Waals surface area contributed by atoms with Gasteiger partial charge in [-0.05, 0) is 156 Å². The molecular formula is C34H53IO. The Morgan fingerprint density at radius 2 is 1.50 bits per heavy atom. The minimum atomic E-state index is -0.115. The molecule has 0 amide bonds. The molecule has 36 heavy (non-hydrogen) atoms. The molecule has 0 radical (unpaired) electrons. The summed E-state index contributed by atoms with van der Waals surface area (Å²) in [7, 11) is 0. The molecule has 1 aromatic carbocycles. The maximum Gasteiger partial charge on any atom is 0.0574 e. The Hall–Kier alpha value is -0.0900. The van der Waals surface area contributed by atoms with Crippen LogP contribution in [-0.4, -0.2) is 11.2 Å². The molecule has 0 heterocycles. The molecule has 2 heteroatoms. The van der Waals surface area contributed by atoms with Crippen LogP contribution in [0.2, 0.25) is 0 Å². The summed E-state index contributed by atoms with van der Waals surface area (Å²) >= 11 is 2.40. The summed E-state index contributed by atoms with van der Waals surface area (Å²) in [6.45, 7) is 12.8. The van der Waals surface area contributed by atoms with E-state index in [1.165, 1.54) is 73.3 Å². The molecule has 4 aliphatic rings. The molecule has 0 aromatic heterocycles. The highest BCUT2D eigenvalue weighted by molar-refractivity contribution is 14.1. The number of halogens is 1. The van der Waals surface area contributed by atoms with Gasteiger partial charge in [-0.3, -0.25) is 0 Å². The Kier molecular flexibility index (Phi) is 8.26. The highest BCUT2D eigenvalue weighted by Crippen LogP contribution is 2.69. The van der Waals surface area contributed by atoms with Crippen LogP contribution in [0.5, 0.6) is 0 Å². The Morgan fingerprint density at radius 1 is 0.833 bits per heavy atom. The lowest BCUT2D eigenvalue weighted by Gasteiger charge is -2.63. The molecular weight excluding hydrogens is 551 g/mol. The SMILES string of the molecule is CC(C)CCC[C@@H](C)[C@H]1CCC2C3CCC4[C@H](Cc5ccc(I)cc5)[C@H](O)CC[C@]4(C)C3CC[C@@]21C. The Labute approximate surface area is 236 Å². The summed E-state index contributed by atoms with van der Waals surface area (Å²) < 4.78 is 1.31. The summed E-state index contributed by atoms with van der Waals surface area (Å²) in [5, 5.41) is 11.2. The molecule has 0 spiro atoms. The van der Waals surface area contributed by atoms with Gasteiger partial charge < -0.3 is 5.11 Å². The van der Waals surface area contributed by atoms with E-state index in [1.54, 1.807) is 0 Å². The van der Waals surface area contributed by atoms with Gasteiger partial charge in [0.25, 0.3) is 0 Å². The monoisotopic (exact) mass is 604 g/mol. The number of hydrogen-bond acceptors (Lipinski definition) is 1. The topological polar surface area (TPSA) is 20.2 Å². The maximum atomic E-state index is 11.2. The van der Waals surface area contributed by atoms with E-state index in [0.717, 1.165) is 48.3 Å². The number of hydrogen-bond donors (Lipinski definition) is 1. The summed E-state index contributed by atoms with van der Waals surface area (Å²) in [5.74, 6) is 6.59. The van der Waals surface area contributed by atoms with Crippen molar-refractivity contribution in [2.45, 2.75) is 118 Å². The van der Waals surface area contributed by atoms with Gasteiger partial charge in [0.05, 0.1) is 6.10 Å². The zero-order valence-electron chi connectivity index (χ0n) is 23.8. The number of rotatable bonds is 7. The van der Waals surface area contributed by atoms with Crippen molar-refractivity contribution in [1.29, 1.82) is 0 Å². The summed E-state index contributed by atoms with van der Waals surface area (Å²) in [5.41, 5.74) is 2.43. The van der Waals surface area contributed by atoms with E-state index < -0.39 is 0 Å². The molecule has 1 nitrogen and oxygen atoms in total. The van der Waals surface area contributed by atoms with E-state index in [1.807, 2.05) is 0 Å². The molecule has 4 aliphatic carbocycles. The third-order valence-electron chi connectivity index (χ3n) is 12.5. The molecule has 1 aromatic rings. The molecule has 0 bridgehead atoms. The zero-order valence-corrected chi connectivity index (χ0v) is 26.0. The van der Waals surface area contributed by atoms with Crippen molar-refractivity contribution in [3.63, 3.8) is 0 Å². The summed E-state index contributed by atoms with van der Waals surface area (Å²) in [4.78, 5) is 0. The van der Waals surface area contributed by atoms with E-state index >= 15 is 0 Å². The van der Waals surface area contributed by atoms with E-state index in [0.29, 0.717) is 22.7 Å². The average molecular weight is 605 g/mol. The highest BCUT2D eigenvalue weighted by Gasteiger charge is 2.61. The minimum Gasteiger partial charge on any atom is -0.393 e. The quantitative estimate of drug-likeness (QED) is 0.308. The van der Waals surface area contributed by atoms with E-state index in [4.69, 9.17) is 0 Å². The number of aliphatic hydroxyl groups excluding tert-OH is 1. The van der Waals surface area contributed by atoms with E-state index in [9.17, 15) is 5.11 Å². The molecule has 0 aliphatic heterocycles. The molecule has 4 saturated carbocycles. The van der Waals surface area contributed by atoms with Crippen molar-refractivity contribution in [3.05, 3.63) is 33.4 Å². The van der Waals surface area contributed by atoms with Crippen molar-refractivity contribution in [2.75, 3.05) is 0 Å². The van der Waals surface area contributed by atoms with Crippen LogP contribution in [0.25, 0.3) is 0 Å². The summed E-state index contributed by atoms with van der Waals surface area (Å²) in [6, 6.07) is 9.09. The van der Waals surface area contributed by atoms with Crippen LogP contribution in [0.15, 0.2) is 24.3 Å². The lowest BCUT2D eigenvalue weighted by molar-refractivity contribution is -0.152. The van der Waals surface area contributed by atoms with Gasteiger partial charge in [-0.25, -0.2) is 0 Å². The third-order valence-corrected chi connectivity index (χ3v) is 13.2. The van der Waals surface area contributed by atoms with E-state index in [2.05, 4.69) is 81.5 Å². The molecule has 202 valence electrons. The smallest absolute Gasteiger partial charge is 0.0574 e. The number of fused-ring (bicyclic) bond motifs is 5. The molecule has 4 fully saturated rings. The average Bonchev–Trinajstić information content (AvgIpc) is 3.19. The normalized spacial score (nSPS) is 43.1. The van der Waals surface area contributed by atoms with Crippen LogP contribution in [0, 0.1) is 61.7 Å². The first-order valence-corrected chi connectivity index (χ1v) is 16.6. The molecule has 4 unspecified atom stereocenters. The largest absolute Gasteiger partial charge is 0.393 e. The van der Waals surface area contributed by atoms with Crippen LogP contribution in [0.1, 0.15) is 111 Å². The fraction of sp³-hybridized carbons (Fsp3) is 0.824. The standard InChI is InChI=1S/C34H53IO/c1-22(2)7-6-8-23(3)28-15-16-29-26-13-14-30-27(21-24-9-11-25(35)12-10-24)32(36)18-20-34(30,5)31(26)17-19-33(28,29)4/h9-12,22-23,26-32,36H,6-8,13-21H2,1-5H3/t23-,26?,27+,28-,29?,30?,31?,32-,33-,34+/m1/s1. The molecule has 1 N–H and O–H groups in total. The fourth-order valence-electron chi connectivity index (χ4n) is 10.7. The number of aliphatic hydroxyl groups is 1. The van der Waals surface area contributed by atoms with Crippen LogP contribution in [0.4, 0.5) is 0 Å². The molecule has 10 atom stereocenters. The van der Waals surface area contributed by atoms with Gasteiger partial charge in [0, 0.05) is 3.57 Å². The second-order valence-corrected chi connectivity index (χ2v) is 15.9. The first-order chi connectivity index (χ1) is 17.1. The minimum absolute atomic E-state index is 0.115. The van der Waals surface area contributed by atoms with E-state index in [-0.39, 0.29) is 6.10 Å². The predicted molar refractivity (Wildman–Crippen MR) is 161 cm³/mol. The first-order valence-electron chi connectivity index (χ1n) is 15.6. The van der Waals surface area contributed by atoms with Gasteiger partial charge in [0.1, 0.15) is 0 Å². The molecule has 0 saturated heterocycles. The predicted octanol–water partition coefficient (Wildman–Crippen LogP) is 9.54. The van der Waals surface area contributed by atoms with Crippen LogP contribution < -0.4 is 0 Å².